The van der Waals surface area contributed by atoms with E-state index in [2.05, 4.69) is 5.32 Å². The molecule has 0 spiro atoms. The predicted molar refractivity (Wildman–Crippen MR) is 101 cm³/mol. The molecule has 0 heterocycles. The van der Waals surface area contributed by atoms with Crippen LogP contribution in [-0.4, -0.2) is 39.3 Å². The summed E-state index contributed by atoms with van der Waals surface area (Å²) in [6, 6.07) is 9.28. The Morgan fingerprint density at radius 2 is 1.73 bits per heavy atom. The molecule has 10 heteroatoms. The van der Waals surface area contributed by atoms with Crippen LogP contribution in [0, 0.1) is 5.82 Å². The van der Waals surface area contributed by atoms with E-state index in [1.54, 1.807) is 6.07 Å². The smallest absolute Gasteiger partial charge is 0.304 e. The molecule has 6 nitrogen and oxygen atoms in total. The summed E-state index contributed by atoms with van der Waals surface area (Å²) in [7, 11) is -1.32. The van der Waals surface area contributed by atoms with Crippen molar-refractivity contribution in [2.45, 2.75) is 0 Å². The first-order valence-electron chi connectivity index (χ1n) is 7.32. The third kappa shape index (κ3) is 4.85. The second-order valence-electron chi connectivity index (χ2n) is 5.45. The molecular formula is C16H16Cl2FN3O3S. The van der Waals surface area contributed by atoms with E-state index in [0.717, 1.165) is 20.7 Å². The van der Waals surface area contributed by atoms with E-state index in [0.29, 0.717) is 5.02 Å². The van der Waals surface area contributed by atoms with Gasteiger partial charge in [0.25, 0.3) is 0 Å². The molecule has 0 saturated heterocycles. The maximum atomic E-state index is 13.2. The fourth-order valence-corrected chi connectivity index (χ4v) is 3.42. The molecule has 2 aromatic rings. The van der Waals surface area contributed by atoms with Crippen LogP contribution in [0.25, 0.3) is 0 Å². The van der Waals surface area contributed by atoms with E-state index in [1.807, 2.05) is 0 Å². The number of nitrogens with one attached hydrogen (secondary N) is 1. The molecule has 140 valence electrons. The lowest BCUT2D eigenvalue weighted by atomic mass is 10.3. The molecule has 0 aliphatic rings. The maximum absolute atomic E-state index is 13.2. The molecule has 0 fully saturated rings. The lowest BCUT2D eigenvalue weighted by molar-refractivity contribution is -0.114. The van der Waals surface area contributed by atoms with Crippen LogP contribution in [0.5, 0.6) is 0 Å². The van der Waals surface area contributed by atoms with Crippen molar-refractivity contribution < 1.29 is 17.6 Å². The van der Waals surface area contributed by atoms with E-state index >= 15 is 0 Å². The Hall–Kier alpha value is -1.87. The summed E-state index contributed by atoms with van der Waals surface area (Å²) >= 11 is 11.9. The second kappa shape index (κ2) is 8.22. The Morgan fingerprint density at radius 3 is 2.31 bits per heavy atom. The number of hydrogen-bond donors (Lipinski definition) is 1. The molecule has 2 rings (SSSR count). The van der Waals surface area contributed by atoms with Crippen LogP contribution in [0.4, 0.5) is 15.8 Å². The van der Waals surface area contributed by atoms with Gasteiger partial charge in [-0.25, -0.2) is 8.70 Å². The number of carbonyl (C=O) groups excluding carboxylic acids is 1. The summed E-state index contributed by atoms with van der Waals surface area (Å²) in [5.41, 5.74) is 0.401. The maximum Gasteiger partial charge on any atom is 0.304 e. The van der Waals surface area contributed by atoms with Crippen LogP contribution < -0.4 is 9.62 Å². The number of anilines is 2. The Labute approximate surface area is 161 Å². The van der Waals surface area contributed by atoms with Crippen molar-refractivity contribution in [2.24, 2.45) is 0 Å². The van der Waals surface area contributed by atoms with Crippen LogP contribution in [0.3, 0.4) is 0 Å². The standard InChI is InChI=1S/C16H16Cl2FN3O3S/c1-21(2)26(24,25)22(13-6-4-12(19)5-7-13)10-16(23)20-15-9-11(17)3-8-14(15)18/h3-9H,10H2,1-2H3,(H,20,23). The van der Waals surface area contributed by atoms with Crippen molar-refractivity contribution in [1.29, 1.82) is 0 Å². The SMILES string of the molecule is CN(C)S(=O)(=O)N(CC(=O)Nc1cc(Cl)ccc1Cl)c1ccc(F)cc1. The molecule has 1 amide bonds. The van der Waals surface area contributed by atoms with Gasteiger partial charge in [0.2, 0.25) is 5.91 Å². The Balaban J connectivity index is 2.30. The summed E-state index contributed by atoms with van der Waals surface area (Å²) < 4.78 is 40.1. The van der Waals surface area contributed by atoms with Crippen LogP contribution in [-0.2, 0) is 15.0 Å². The number of carbonyl (C=O) groups is 1. The van der Waals surface area contributed by atoms with Gasteiger partial charge in [0, 0.05) is 19.1 Å². The Kier molecular flexibility index (Phi) is 6.46. The summed E-state index contributed by atoms with van der Waals surface area (Å²) in [5, 5.41) is 3.14. The van der Waals surface area contributed by atoms with Gasteiger partial charge in [-0.15, -0.1) is 0 Å². The highest BCUT2D eigenvalue weighted by atomic mass is 35.5. The van der Waals surface area contributed by atoms with E-state index in [4.69, 9.17) is 23.2 Å². The highest BCUT2D eigenvalue weighted by Gasteiger charge is 2.27. The van der Waals surface area contributed by atoms with Gasteiger partial charge in [-0.05, 0) is 42.5 Å². The third-order valence-electron chi connectivity index (χ3n) is 3.34. The van der Waals surface area contributed by atoms with Crippen molar-refractivity contribution >= 4 is 50.7 Å². The lowest BCUT2D eigenvalue weighted by Gasteiger charge is -2.27. The molecule has 0 aromatic heterocycles. The lowest BCUT2D eigenvalue weighted by Crippen LogP contribution is -2.44. The van der Waals surface area contributed by atoms with Crippen LogP contribution >= 0.6 is 23.2 Å². The van der Waals surface area contributed by atoms with Crippen molar-refractivity contribution in [2.75, 3.05) is 30.3 Å². The average molecular weight is 420 g/mol. The molecule has 0 atom stereocenters. The first kappa shape index (κ1) is 20.4. The predicted octanol–water partition coefficient (Wildman–Crippen LogP) is 3.38. The number of rotatable bonds is 6. The minimum absolute atomic E-state index is 0.146. The molecule has 0 aliphatic carbocycles. The van der Waals surface area contributed by atoms with Gasteiger partial charge in [0.15, 0.2) is 0 Å². The highest BCUT2D eigenvalue weighted by Crippen LogP contribution is 2.26. The number of benzene rings is 2. The fourth-order valence-electron chi connectivity index (χ4n) is 2.02. The van der Waals surface area contributed by atoms with Gasteiger partial charge < -0.3 is 5.32 Å². The molecule has 26 heavy (non-hydrogen) atoms. The monoisotopic (exact) mass is 419 g/mol. The number of nitrogens with zero attached hydrogens (tertiary/aromatic N) is 2. The summed E-state index contributed by atoms with van der Waals surface area (Å²) in [5.74, 6) is -1.16. The first-order chi connectivity index (χ1) is 12.1. The summed E-state index contributed by atoms with van der Waals surface area (Å²) in [6.07, 6.45) is 0. The van der Waals surface area contributed by atoms with Gasteiger partial charge in [0.05, 0.1) is 16.4 Å². The van der Waals surface area contributed by atoms with Crippen molar-refractivity contribution in [1.82, 2.24) is 4.31 Å². The fraction of sp³-hybridized carbons (Fsp3) is 0.188. The van der Waals surface area contributed by atoms with Gasteiger partial charge >= 0.3 is 10.2 Å². The normalized spacial score (nSPS) is 11.5. The van der Waals surface area contributed by atoms with E-state index in [1.165, 1.54) is 38.4 Å². The second-order valence-corrected chi connectivity index (χ2v) is 8.36. The third-order valence-corrected chi connectivity index (χ3v) is 5.73. The minimum atomic E-state index is -3.99. The summed E-state index contributed by atoms with van der Waals surface area (Å²) in [6.45, 7) is -0.533. The topological polar surface area (TPSA) is 69.7 Å². The zero-order valence-electron chi connectivity index (χ0n) is 13.9. The molecule has 0 radical (unpaired) electrons. The molecular weight excluding hydrogens is 404 g/mol. The Bertz CT molecular complexity index is 905. The summed E-state index contributed by atoms with van der Waals surface area (Å²) in [4.78, 5) is 12.4. The average Bonchev–Trinajstić information content (AvgIpc) is 2.56. The molecule has 0 bridgehead atoms. The van der Waals surface area contributed by atoms with Crippen LogP contribution in [0.2, 0.25) is 10.0 Å². The minimum Gasteiger partial charge on any atom is -0.323 e. The Morgan fingerprint density at radius 1 is 1.12 bits per heavy atom. The zero-order valence-corrected chi connectivity index (χ0v) is 16.2. The van der Waals surface area contributed by atoms with Crippen molar-refractivity contribution in [3.8, 4) is 0 Å². The van der Waals surface area contributed by atoms with Crippen LogP contribution in [0.15, 0.2) is 42.5 Å². The van der Waals surface area contributed by atoms with Gasteiger partial charge in [-0.1, -0.05) is 23.2 Å². The van der Waals surface area contributed by atoms with Crippen molar-refractivity contribution in [3.63, 3.8) is 0 Å². The molecule has 0 aliphatic heterocycles. The van der Waals surface area contributed by atoms with Gasteiger partial charge in [-0.3, -0.25) is 4.79 Å². The molecule has 2 aromatic carbocycles. The van der Waals surface area contributed by atoms with E-state index in [9.17, 15) is 17.6 Å². The molecule has 1 N–H and O–H groups in total. The van der Waals surface area contributed by atoms with E-state index < -0.39 is 28.5 Å². The number of halogens is 3. The number of amides is 1. The largest absolute Gasteiger partial charge is 0.323 e. The highest BCUT2D eigenvalue weighted by molar-refractivity contribution is 7.90. The molecule has 0 unspecified atom stereocenters. The quantitative estimate of drug-likeness (QED) is 0.779. The van der Waals surface area contributed by atoms with Gasteiger partial charge in [0.1, 0.15) is 12.4 Å². The zero-order chi connectivity index (χ0) is 19.5. The van der Waals surface area contributed by atoms with Crippen molar-refractivity contribution in [3.05, 3.63) is 58.3 Å². The van der Waals surface area contributed by atoms with Gasteiger partial charge in [-0.2, -0.15) is 12.7 Å². The van der Waals surface area contributed by atoms with E-state index in [-0.39, 0.29) is 16.4 Å². The first-order valence-corrected chi connectivity index (χ1v) is 9.47. The van der Waals surface area contributed by atoms with Crippen LogP contribution in [0.1, 0.15) is 0 Å². The molecule has 0 saturated carbocycles. The number of hydrogen-bond acceptors (Lipinski definition) is 3.